The van der Waals surface area contributed by atoms with Crippen molar-refractivity contribution in [3.63, 3.8) is 0 Å². The largest absolute Gasteiger partial charge is 0.467 e. The Hall–Kier alpha value is -1.82. The minimum absolute atomic E-state index is 0.0254. The Balaban J connectivity index is 1.84. The fraction of sp³-hybridized carbons (Fsp3) is 0.600. The molecule has 0 bridgehead atoms. The molecular formula is C15H22N2O4. The number of ether oxygens (including phenoxy) is 1. The zero-order chi connectivity index (χ0) is 15.2. The molecular weight excluding hydrogens is 272 g/mol. The van der Waals surface area contributed by atoms with Crippen molar-refractivity contribution < 1.29 is 18.7 Å². The normalized spacial score (nSPS) is 14.2. The maximum atomic E-state index is 12.2. The monoisotopic (exact) mass is 294 g/mol. The van der Waals surface area contributed by atoms with Crippen LogP contribution in [0.15, 0.2) is 22.8 Å². The summed E-state index contributed by atoms with van der Waals surface area (Å²) in [5.41, 5.74) is 0. The second-order valence-corrected chi connectivity index (χ2v) is 5.27. The molecule has 1 aliphatic rings. The maximum absolute atomic E-state index is 12.2. The summed E-state index contributed by atoms with van der Waals surface area (Å²) in [6, 6.07) is 3.96. The first kappa shape index (κ1) is 15.6. The van der Waals surface area contributed by atoms with Crippen LogP contribution < -0.4 is 0 Å². The second-order valence-electron chi connectivity index (χ2n) is 5.27. The third kappa shape index (κ3) is 4.90. The lowest BCUT2D eigenvalue weighted by atomic mass is 10.3. The summed E-state index contributed by atoms with van der Waals surface area (Å²) in [5.74, 6) is 0.447. The lowest BCUT2D eigenvalue weighted by Crippen LogP contribution is -2.41. The molecule has 6 nitrogen and oxygen atoms in total. The molecule has 0 aliphatic heterocycles. The van der Waals surface area contributed by atoms with E-state index in [1.165, 1.54) is 0 Å². The van der Waals surface area contributed by atoms with Gasteiger partial charge in [0.25, 0.3) is 0 Å². The predicted molar refractivity (Wildman–Crippen MR) is 76.4 cm³/mol. The van der Waals surface area contributed by atoms with Crippen LogP contribution in [0.4, 0.5) is 0 Å². The Morgan fingerprint density at radius 1 is 1.38 bits per heavy atom. The van der Waals surface area contributed by atoms with Crippen LogP contribution in [0.2, 0.25) is 0 Å². The van der Waals surface area contributed by atoms with E-state index in [9.17, 15) is 9.59 Å². The van der Waals surface area contributed by atoms with Crippen LogP contribution in [0, 0.1) is 0 Å². The molecule has 0 spiro atoms. The minimum Gasteiger partial charge on any atom is -0.467 e. The second kappa shape index (κ2) is 7.26. The van der Waals surface area contributed by atoms with E-state index in [0.29, 0.717) is 19.2 Å². The summed E-state index contributed by atoms with van der Waals surface area (Å²) >= 11 is 0. The molecule has 1 heterocycles. The van der Waals surface area contributed by atoms with Gasteiger partial charge in [0.05, 0.1) is 32.5 Å². The fourth-order valence-electron chi connectivity index (χ4n) is 2.15. The molecule has 1 aromatic heterocycles. The highest BCUT2D eigenvalue weighted by Crippen LogP contribution is 2.26. The standard InChI is InChI=1S/C15H22N2O4/c1-3-20-15(19)11-17(12-6-7-12)10-14(18)16(2)9-13-5-4-8-21-13/h4-5,8,12H,3,6-7,9-11H2,1-2H3. The van der Waals surface area contributed by atoms with Crippen molar-refractivity contribution in [1.29, 1.82) is 0 Å². The number of nitrogens with zero attached hydrogens (tertiary/aromatic N) is 2. The minimum atomic E-state index is -0.272. The third-order valence-electron chi connectivity index (χ3n) is 3.44. The van der Waals surface area contributed by atoms with E-state index in [0.717, 1.165) is 18.6 Å². The summed E-state index contributed by atoms with van der Waals surface area (Å²) in [6.45, 7) is 2.99. The zero-order valence-electron chi connectivity index (χ0n) is 12.6. The van der Waals surface area contributed by atoms with Gasteiger partial charge in [-0.05, 0) is 31.9 Å². The number of furan rings is 1. The van der Waals surface area contributed by atoms with Gasteiger partial charge in [0.2, 0.25) is 5.91 Å². The van der Waals surface area contributed by atoms with Crippen molar-refractivity contribution in [3.8, 4) is 0 Å². The van der Waals surface area contributed by atoms with Crippen molar-refractivity contribution in [2.45, 2.75) is 32.4 Å². The van der Waals surface area contributed by atoms with Gasteiger partial charge < -0.3 is 14.1 Å². The molecule has 116 valence electrons. The summed E-state index contributed by atoms with van der Waals surface area (Å²) < 4.78 is 10.2. The predicted octanol–water partition coefficient (Wildman–Crippen LogP) is 1.27. The van der Waals surface area contributed by atoms with Gasteiger partial charge in [-0.1, -0.05) is 0 Å². The number of amides is 1. The topological polar surface area (TPSA) is 63.0 Å². The Bertz CT molecular complexity index is 468. The molecule has 0 atom stereocenters. The molecule has 2 rings (SSSR count). The summed E-state index contributed by atoms with van der Waals surface area (Å²) in [4.78, 5) is 27.3. The van der Waals surface area contributed by atoms with Gasteiger partial charge >= 0.3 is 5.97 Å². The van der Waals surface area contributed by atoms with Gasteiger partial charge in [-0.15, -0.1) is 0 Å². The molecule has 1 saturated carbocycles. The van der Waals surface area contributed by atoms with Crippen molar-refractivity contribution >= 4 is 11.9 Å². The third-order valence-corrected chi connectivity index (χ3v) is 3.44. The van der Waals surface area contributed by atoms with Gasteiger partial charge in [0.15, 0.2) is 0 Å². The first-order valence-electron chi connectivity index (χ1n) is 7.26. The number of hydrogen-bond donors (Lipinski definition) is 0. The zero-order valence-corrected chi connectivity index (χ0v) is 12.6. The first-order valence-corrected chi connectivity index (χ1v) is 7.26. The smallest absolute Gasteiger partial charge is 0.320 e. The van der Waals surface area contributed by atoms with Crippen LogP contribution in [-0.2, 0) is 20.9 Å². The average molecular weight is 294 g/mol. The van der Waals surface area contributed by atoms with Gasteiger partial charge in [0.1, 0.15) is 5.76 Å². The highest BCUT2D eigenvalue weighted by molar-refractivity contribution is 5.79. The molecule has 1 amide bonds. The Morgan fingerprint density at radius 2 is 2.14 bits per heavy atom. The van der Waals surface area contributed by atoms with Crippen LogP contribution in [0.1, 0.15) is 25.5 Å². The van der Waals surface area contributed by atoms with Gasteiger partial charge in [-0.25, -0.2) is 0 Å². The highest BCUT2D eigenvalue weighted by Gasteiger charge is 2.32. The van der Waals surface area contributed by atoms with E-state index >= 15 is 0 Å². The molecule has 6 heteroatoms. The van der Waals surface area contributed by atoms with Gasteiger partial charge in [-0.2, -0.15) is 0 Å². The summed E-state index contributed by atoms with van der Waals surface area (Å²) in [5, 5.41) is 0. The Morgan fingerprint density at radius 3 is 2.71 bits per heavy atom. The van der Waals surface area contributed by atoms with E-state index in [-0.39, 0.29) is 25.0 Å². The molecule has 0 saturated heterocycles. The van der Waals surface area contributed by atoms with Crippen molar-refractivity contribution in [3.05, 3.63) is 24.2 Å². The number of likely N-dealkylation sites (N-methyl/N-ethyl adjacent to an activating group) is 1. The Labute approximate surface area is 124 Å². The van der Waals surface area contributed by atoms with Crippen LogP contribution in [0.5, 0.6) is 0 Å². The molecule has 0 radical (unpaired) electrons. The lowest BCUT2D eigenvalue weighted by Gasteiger charge is -2.23. The van der Waals surface area contributed by atoms with Crippen LogP contribution in [-0.4, -0.2) is 54.5 Å². The van der Waals surface area contributed by atoms with E-state index in [1.807, 2.05) is 11.0 Å². The van der Waals surface area contributed by atoms with Gasteiger partial charge in [-0.3, -0.25) is 14.5 Å². The Kier molecular flexibility index (Phi) is 5.38. The van der Waals surface area contributed by atoms with E-state index < -0.39 is 0 Å². The highest BCUT2D eigenvalue weighted by atomic mass is 16.5. The summed E-state index contributed by atoms with van der Waals surface area (Å²) in [7, 11) is 1.74. The molecule has 0 N–H and O–H groups in total. The molecule has 21 heavy (non-hydrogen) atoms. The maximum Gasteiger partial charge on any atom is 0.320 e. The van der Waals surface area contributed by atoms with Crippen LogP contribution in [0.25, 0.3) is 0 Å². The van der Waals surface area contributed by atoms with Crippen molar-refractivity contribution in [2.24, 2.45) is 0 Å². The first-order chi connectivity index (χ1) is 10.1. The molecule has 1 aliphatic carbocycles. The van der Waals surface area contributed by atoms with Gasteiger partial charge in [0, 0.05) is 13.1 Å². The fourth-order valence-corrected chi connectivity index (χ4v) is 2.15. The quantitative estimate of drug-likeness (QED) is 0.676. The van der Waals surface area contributed by atoms with Crippen molar-refractivity contribution in [2.75, 3.05) is 26.7 Å². The average Bonchev–Trinajstić information content (AvgIpc) is 3.17. The number of carbonyl (C=O) groups is 2. The molecule has 1 aromatic rings. The molecule has 0 unspecified atom stereocenters. The van der Waals surface area contributed by atoms with Crippen LogP contribution in [0.3, 0.4) is 0 Å². The lowest BCUT2D eigenvalue weighted by molar-refractivity contribution is -0.145. The molecule has 0 aromatic carbocycles. The van der Waals surface area contributed by atoms with E-state index in [4.69, 9.17) is 9.15 Å². The van der Waals surface area contributed by atoms with Crippen molar-refractivity contribution in [1.82, 2.24) is 9.80 Å². The number of hydrogen-bond acceptors (Lipinski definition) is 5. The number of rotatable bonds is 8. The van der Waals surface area contributed by atoms with Crippen LogP contribution >= 0.6 is 0 Å². The number of carbonyl (C=O) groups excluding carboxylic acids is 2. The number of esters is 1. The SMILES string of the molecule is CCOC(=O)CN(CC(=O)N(C)Cc1ccco1)C1CC1. The van der Waals surface area contributed by atoms with E-state index in [2.05, 4.69) is 0 Å². The molecule has 1 fully saturated rings. The summed E-state index contributed by atoms with van der Waals surface area (Å²) in [6.07, 6.45) is 3.66. The van der Waals surface area contributed by atoms with E-state index in [1.54, 1.807) is 31.2 Å².